The maximum Gasteiger partial charge on any atom is 0.271 e. The molecule has 3 rings (SSSR count). The average Bonchev–Trinajstić information content (AvgIpc) is 2.97. The van der Waals surface area contributed by atoms with Crippen LogP contribution in [0.1, 0.15) is 41.2 Å². The van der Waals surface area contributed by atoms with Crippen molar-refractivity contribution < 1.29 is 9.18 Å². The Balaban J connectivity index is 1.62. The molecule has 0 bridgehead atoms. The molecule has 0 saturated heterocycles. The second-order valence-corrected chi connectivity index (χ2v) is 5.86. The number of amides is 1. The molecule has 22 heavy (non-hydrogen) atoms. The highest BCUT2D eigenvalue weighted by atomic mass is 35.5. The van der Waals surface area contributed by atoms with Gasteiger partial charge >= 0.3 is 0 Å². The first-order valence-electron chi connectivity index (χ1n) is 7.15. The van der Waals surface area contributed by atoms with Crippen molar-refractivity contribution in [3.05, 3.63) is 58.9 Å². The van der Waals surface area contributed by atoms with E-state index in [1.54, 1.807) is 0 Å². The molecule has 1 saturated carbocycles. The molecule has 114 valence electrons. The number of hydrogen-bond acceptors (Lipinski definition) is 3. The molecule has 2 unspecified atom stereocenters. The molecule has 4 nitrogen and oxygen atoms in total. The van der Waals surface area contributed by atoms with E-state index >= 15 is 0 Å². The lowest BCUT2D eigenvalue weighted by molar-refractivity contribution is 0.0932. The van der Waals surface area contributed by atoms with E-state index in [0.717, 1.165) is 24.8 Å². The van der Waals surface area contributed by atoms with E-state index in [-0.39, 0.29) is 28.5 Å². The molecular formula is C16H15ClFN3O. The van der Waals surface area contributed by atoms with Gasteiger partial charge < -0.3 is 5.32 Å². The van der Waals surface area contributed by atoms with E-state index in [4.69, 9.17) is 11.6 Å². The predicted octanol–water partition coefficient (Wildman–Crippen LogP) is 3.34. The molecule has 2 atom stereocenters. The van der Waals surface area contributed by atoms with Crippen molar-refractivity contribution >= 4 is 17.5 Å². The minimum atomic E-state index is -0.280. The van der Waals surface area contributed by atoms with Crippen molar-refractivity contribution in [2.24, 2.45) is 0 Å². The van der Waals surface area contributed by atoms with Gasteiger partial charge in [0.25, 0.3) is 5.91 Å². The maximum atomic E-state index is 13.0. The van der Waals surface area contributed by atoms with Gasteiger partial charge in [0.1, 0.15) is 17.8 Å². The summed E-state index contributed by atoms with van der Waals surface area (Å²) < 4.78 is 13.0. The van der Waals surface area contributed by atoms with Crippen LogP contribution >= 0.6 is 11.6 Å². The van der Waals surface area contributed by atoms with E-state index in [1.807, 2.05) is 12.1 Å². The summed E-state index contributed by atoms with van der Waals surface area (Å²) in [5.74, 6) is -0.172. The molecule has 1 aliphatic rings. The molecule has 1 N–H and O–H groups in total. The van der Waals surface area contributed by atoms with Crippen LogP contribution in [-0.4, -0.2) is 21.9 Å². The normalized spacial score (nSPS) is 20.8. The largest absolute Gasteiger partial charge is 0.348 e. The van der Waals surface area contributed by atoms with E-state index in [0.29, 0.717) is 5.92 Å². The van der Waals surface area contributed by atoms with Crippen molar-refractivity contribution in [2.75, 3.05) is 0 Å². The lowest BCUT2D eigenvalue weighted by Gasteiger charge is -2.14. The Hall–Kier alpha value is -2.01. The standard InChI is InChI=1S/C16H15ClFN3O/c17-14-8-19-9-20-15(14)16(22)21-13-6-3-11(7-13)10-1-4-12(18)5-2-10/h1-2,4-5,8-9,11,13H,3,6-7H2,(H,21,22). The van der Waals surface area contributed by atoms with Gasteiger partial charge in [-0.3, -0.25) is 4.79 Å². The third-order valence-corrected chi connectivity index (χ3v) is 4.27. The van der Waals surface area contributed by atoms with Gasteiger partial charge in [-0.25, -0.2) is 14.4 Å². The number of benzene rings is 1. The molecule has 2 aromatic rings. The lowest BCUT2D eigenvalue weighted by atomic mass is 9.97. The van der Waals surface area contributed by atoms with Gasteiger partial charge in [0.2, 0.25) is 0 Å². The number of carbonyl (C=O) groups is 1. The Morgan fingerprint density at radius 1 is 1.27 bits per heavy atom. The highest BCUT2D eigenvalue weighted by molar-refractivity contribution is 6.33. The highest BCUT2D eigenvalue weighted by Gasteiger charge is 2.28. The zero-order valence-corrected chi connectivity index (χ0v) is 12.6. The van der Waals surface area contributed by atoms with Gasteiger partial charge in [-0.15, -0.1) is 0 Å². The van der Waals surface area contributed by atoms with Crippen molar-refractivity contribution in [1.82, 2.24) is 15.3 Å². The van der Waals surface area contributed by atoms with Crippen molar-refractivity contribution in [2.45, 2.75) is 31.2 Å². The molecule has 6 heteroatoms. The predicted molar refractivity (Wildman–Crippen MR) is 81.3 cm³/mol. The number of aromatic nitrogens is 2. The van der Waals surface area contributed by atoms with Crippen LogP contribution in [0.25, 0.3) is 0 Å². The Morgan fingerprint density at radius 3 is 2.77 bits per heavy atom. The third-order valence-electron chi connectivity index (χ3n) is 3.99. The van der Waals surface area contributed by atoms with E-state index in [1.165, 1.54) is 24.7 Å². The first-order chi connectivity index (χ1) is 10.6. The number of nitrogens with zero attached hydrogens (tertiary/aromatic N) is 2. The SMILES string of the molecule is O=C(NC1CCC(c2ccc(F)cc2)C1)c1ncncc1Cl. The van der Waals surface area contributed by atoms with Gasteiger partial charge in [0.15, 0.2) is 0 Å². The second kappa shape index (κ2) is 6.40. The van der Waals surface area contributed by atoms with Crippen LogP contribution in [0, 0.1) is 5.82 Å². The summed E-state index contributed by atoms with van der Waals surface area (Å²) in [5, 5.41) is 3.20. The average molecular weight is 320 g/mol. The monoisotopic (exact) mass is 319 g/mol. The summed E-state index contributed by atoms with van der Waals surface area (Å²) in [7, 11) is 0. The van der Waals surface area contributed by atoms with Crippen LogP contribution in [0.15, 0.2) is 36.8 Å². The summed E-state index contributed by atoms with van der Waals surface area (Å²) in [6.07, 6.45) is 5.39. The van der Waals surface area contributed by atoms with Crippen LogP contribution in [-0.2, 0) is 0 Å². The van der Waals surface area contributed by atoms with Crippen molar-refractivity contribution in [3.8, 4) is 0 Å². The number of carbonyl (C=O) groups excluding carboxylic acids is 1. The van der Waals surface area contributed by atoms with Crippen LogP contribution in [0.2, 0.25) is 5.02 Å². The molecule has 1 amide bonds. The molecule has 0 aliphatic heterocycles. The zero-order valence-electron chi connectivity index (χ0n) is 11.8. The summed E-state index contributed by atoms with van der Waals surface area (Å²) in [6.45, 7) is 0. The number of rotatable bonds is 3. The molecular weight excluding hydrogens is 305 g/mol. The minimum Gasteiger partial charge on any atom is -0.348 e. The van der Waals surface area contributed by atoms with Crippen LogP contribution in [0.5, 0.6) is 0 Å². The Morgan fingerprint density at radius 2 is 2.05 bits per heavy atom. The first-order valence-corrected chi connectivity index (χ1v) is 7.53. The van der Waals surface area contributed by atoms with Crippen LogP contribution in [0.4, 0.5) is 4.39 Å². The van der Waals surface area contributed by atoms with Gasteiger partial charge in [-0.2, -0.15) is 0 Å². The third kappa shape index (κ3) is 3.25. The number of nitrogens with one attached hydrogen (secondary N) is 1. The topological polar surface area (TPSA) is 54.9 Å². The Kier molecular flexibility index (Phi) is 4.34. The maximum absolute atomic E-state index is 13.0. The van der Waals surface area contributed by atoms with Gasteiger partial charge in [-0.05, 0) is 42.9 Å². The summed E-state index contributed by atoms with van der Waals surface area (Å²) >= 11 is 5.92. The van der Waals surface area contributed by atoms with Crippen LogP contribution in [0.3, 0.4) is 0 Å². The van der Waals surface area contributed by atoms with Gasteiger partial charge in [-0.1, -0.05) is 23.7 Å². The molecule has 1 heterocycles. The van der Waals surface area contributed by atoms with Crippen LogP contribution < -0.4 is 5.32 Å². The minimum absolute atomic E-state index is 0.0774. The molecule has 1 fully saturated rings. The van der Waals surface area contributed by atoms with Crippen molar-refractivity contribution in [1.29, 1.82) is 0 Å². The van der Waals surface area contributed by atoms with E-state index < -0.39 is 0 Å². The fraction of sp³-hybridized carbons (Fsp3) is 0.312. The summed E-state index contributed by atoms with van der Waals surface area (Å²) in [5.41, 5.74) is 1.31. The highest BCUT2D eigenvalue weighted by Crippen LogP contribution is 2.34. The van der Waals surface area contributed by atoms with E-state index in [9.17, 15) is 9.18 Å². The molecule has 1 aliphatic carbocycles. The molecule has 1 aromatic heterocycles. The van der Waals surface area contributed by atoms with Crippen molar-refractivity contribution in [3.63, 3.8) is 0 Å². The number of halogens is 2. The molecule has 1 aromatic carbocycles. The zero-order chi connectivity index (χ0) is 15.5. The molecule has 0 radical (unpaired) electrons. The van der Waals surface area contributed by atoms with Gasteiger partial charge in [0.05, 0.1) is 5.02 Å². The summed E-state index contributed by atoms with van der Waals surface area (Å²) in [6, 6.07) is 6.65. The number of hydrogen-bond donors (Lipinski definition) is 1. The smallest absolute Gasteiger partial charge is 0.271 e. The fourth-order valence-corrected chi connectivity index (χ4v) is 3.07. The van der Waals surface area contributed by atoms with Gasteiger partial charge in [0, 0.05) is 12.2 Å². The Bertz CT molecular complexity index is 677. The summed E-state index contributed by atoms with van der Waals surface area (Å²) in [4.78, 5) is 19.8. The lowest BCUT2D eigenvalue weighted by Crippen LogP contribution is -2.33. The van der Waals surface area contributed by atoms with E-state index in [2.05, 4.69) is 15.3 Å². The first kappa shape index (κ1) is 14.9. The fourth-order valence-electron chi connectivity index (χ4n) is 2.88. The quantitative estimate of drug-likeness (QED) is 0.944. The molecule has 0 spiro atoms. The second-order valence-electron chi connectivity index (χ2n) is 5.45. The Labute approximate surface area is 132 Å².